The van der Waals surface area contributed by atoms with Gasteiger partial charge in [0.15, 0.2) is 6.10 Å². The molecule has 32 heavy (non-hydrogen) atoms. The number of pyridine rings is 1. The van der Waals surface area contributed by atoms with Gasteiger partial charge in [0, 0.05) is 34.3 Å². The highest BCUT2D eigenvalue weighted by Gasteiger charge is 2.35. The molecule has 1 aliphatic rings. The molecule has 1 atom stereocenters. The van der Waals surface area contributed by atoms with Crippen LogP contribution in [0, 0.1) is 0 Å². The smallest absolute Gasteiger partial charge is 0.416 e. The highest BCUT2D eigenvalue weighted by atomic mass is 19.4. The van der Waals surface area contributed by atoms with E-state index < -0.39 is 17.8 Å². The van der Waals surface area contributed by atoms with Crippen LogP contribution in [0.25, 0.3) is 22.0 Å². The van der Waals surface area contributed by atoms with Crippen LogP contribution in [-0.4, -0.2) is 16.7 Å². The molecule has 0 amide bonds. The molecule has 5 rings (SSSR count). The third-order valence-electron chi connectivity index (χ3n) is 5.49. The zero-order valence-corrected chi connectivity index (χ0v) is 17.0. The molecule has 0 radical (unpaired) electrons. The minimum absolute atomic E-state index is 0.0783. The molecule has 0 unspecified atom stereocenters. The Hall–Kier alpha value is -3.74. The number of nitrogens with zero attached hydrogens (tertiary/aromatic N) is 1. The molecule has 0 bridgehead atoms. The molecule has 1 N–H and O–H groups in total. The summed E-state index contributed by atoms with van der Waals surface area (Å²) in [6.07, 6.45) is -3.52. The lowest BCUT2D eigenvalue weighted by molar-refractivity contribution is -0.137. The number of hydrogen-bond donors (Lipinski definition) is 1. The zero-order chi connectivity index (χ0) is 22.5. The van der Waals surface area contributed by atoms with Gasteiger partial charge in [-0.2, -0.15) is 13.2 Å². The standard InChI is InChI=1S/C25H18F3NO3/c1-2-31-17-7-3-14(4-8-17)24-23-19-10-6-16(30)12-21(19)29-13-20(23)18-9-5-15(25(26,27)28)11-22(18)32-24/h3-13,24,30H,2H2,1H3/t24-/m1/s1. The van der Waals surface area contributed by atoms with Crippen LogP contribution < -0.4 is 9.47 Å². The molecule has 0 aliphatic carbocycles. The van der Waals surface area contributed by atoms with E-state index in [-0.39, 0.29) is 11.5 Å². The van der Waals surface area contributed by atoms with Crippen molar-refractivity contribution in [3.05, 3.63) is 83.6 Å². The lowest BCUT2D eigenvalue weighted by Gasteiger charge is -2.30. The van der Waals surface area contributed by atoms with Crippen molar-refractivity contribution in [3.8, 4) is 28.4 Å². The predicted octanol–water partition coefficient (Wildman–Crippen LogP) is 6.51. The molecule has 0 saturated heterocycles. The molecule has 4 nitrogen and oxygen atoms in total. The molecule has 162 valence electrons. The number of phenolic OH excluding ortho intramolecular Hbond substituents is 1. The second-order valence-corrected chi connectivity index (χ2v) is 7.50. The molecular formula is C25H18F3NO3. The maximum absolute atomic E-state index is 13.3. The summed E-state index contributed by atoms with van der Waals surface area (Å²) in [5, 5.41) is 10.6. The fourth-order valence-corrected chi connectivity index (χ4v) is 4.05. The molecule has 0 saturated carbocycles. The Balaban J connectivity index is 1.73. The van der Waals surface area contributed by atoms with Gasteiger partial charge >= 0.3 is 6.18 Å². The van der Waals surface area contributed by atoms with E-state index in [1.807, 2.05) is 19.1 Å². The van der Waals surface area contributed by atoms with Crippen molar-refractivity contribution in [2.45, 2.75) is 19.2 Å². The van der Waals surface area contributed by atoms with Gasteiger partial charge in [0.05, 0.1) is 17.7 Å². The Kier molecular flexibility index (Phi) is 4.69. The van der Waals surface area contributed by atoms with Crippen LogP contribution in [0.15, 0.2) is 66.9 Å². The minimum atomic E-state index is -4.48. The number of rotatable bonds is 3. The fraction of sp³-hybridized carbons (Fsp3) is 0.160. The lowest BCUT2D eigenvalue weighted by atomic mass is 9.87. The fourth-order valence-electron chi connectivity index (χ4n) is 4.05. The maximum atomic E-state index is 13.3. The number of ether oxygens (including phenoxy) is 2. The Labute approximate surface area is 181 Å². The summed E-state index contributed by atoms with van der Waals surface area (Å²) >= 11 is 0. The quantitative estimate of drug-likeness (QED) is 0.397. The molecule has 4 aromatic rings. The van der Waals surface area contributed by atoms with Crippen molar-refractivity contribution in [2.24, 2.45) is 0 Å². The van der Waals surface area contributed by atoms with Crippen LogP contribution >= 0.6 is 0 Å². The average Bonchev–Trinajstić information content (AvgIpc) is 2.77. The van der Waals surface area contributed by atoms with Crippen LogP contribution in [0.2, 0.25) is 0 Å². The number of hydrogen-bond acceptors (Lipinski definition) is 4. The SMILES string of the molecule is CCOc1ccc([C@H]2Oc3cc(C(F)(F)F)ccc3-c3cnc4cc(O)ccc4c32)cc1. The molecule has 3 aromatic carbocycles. The minimum Gasteiger partial charge on any atom is -0.508 e. The first-order valence-corrected chi connectivity index (χ1v) is 10.1. The summed E-state index contributed by atoms with van der Waals surface area (Å²) in [7, 11) is 0. The molecule has 2 heterocycles. The number of alkyl halides is 3. The number of aromatic hydroxyl groups is 1. The van der Waals surface area contributed by atoms with Crippen molar-refractivity contribution in [2.75, 3.05) is 6.61 Å². The lowest BCUT2D eigenvalue weighted by Crippen LogP contribution is -2.17. The number of aromatic nitrogens is 1. The molecule has 0 fully saturated rings. The van der Waals surface area contributed by atoms with Crippen molar-refractivity contribution in [3.63, 3.8) is 0 Å². The first-order chi connectivity index (χ1) is 15.3. The Morgan fingerprint density at radius 3 is 2.50 bits per heavy atom. The summed E-state index contributed by atoms with van der Waals surface area (Å²) in [4.78, 5) is 4.43. The van der Waals surface area contributed by atoms with Gasteiger partial charge < -0.3 is 14.6 Å². The molecule has 1 aromatic heterocycles. The van der Waals surface area contributed by atoms with E-state index in [0.717, 1.165) is 28.6 Å². The van der Waals surface area contributed by atoms with Crippen LogP contribution in [0.4, 0.5) is 13.2 Å². The molecular weight excluding hydrogens is 419 g/mol. The van der Waals surface area contributed by atoms with E-state index in [1.165, 1.54) is 6.07 Å². The van der Waals surface area contributed by atoms with Gasteiger partial charge in [-0.3, -0.25) is 4.98 Å². The molecule has 0 spiro atoms. The average molecular weight is 437 g/mol. The van der Waals surface area contributed by atoms with E-state index in [2.05, 4.69) is 4.98 Å². The van der Waals surface area contributed by atoms with Crippen molar-refractivity contribution in [1.29, 1.82) is 0 Å². The Bertz CT molecular complexity index is 1320. The van der Waals surface area contributed by atoms with Gasteiger partial charge in [-0.25, -0.2) is 0 Å². The van der Waals surface area contributed by atoms with Gasteiger partial charge in [-0.05, 0) is 55.0 Å². The Morgan fingerprint density at radius 2 is 1.78 bits per heavy atom. The maximum Gasteiger partial charge on any atom is 0.416 e. The first-order valence-electron chi connectivity index (χ1n) is 10.1. The van der Waals surface area contributed by atoms with Gasteiger partial charge in [0.25, 0.3) is 0 Å². The summed E-state index contributed by atoms with van der Waals surface area (Å²) in [5.74, 6) is 0.914. The highest BCUT2D eigenvalue weighted by Crippen LogP contribution is 2.48. The van der Waals surface area contributed by atoms with E-state index in [1.54, 1.807) is 36.5 Å². The van der Waals surface area contributed by atoms with Crippen LogP contribution in [-0.2, 0) is 6.18 Å². The summed E-state index contributed by atoms with van der Waals surface area (Å²) < 4.78 is 51.7. The van der Waals surface area contributed by atoms with Gasteiger partial charge in [0.2, 0.25) is 0 Å². The topological polar surface area (TPSA) is 51.6 Å². The van der Waals surface area contributed by atoms with Crippen LogP contribution in [0.1, 0.15) is 29.7 Å². The van der Waals surface area contributed by atoms with Gasteiger partial charge in [0.1, 0.15) is 17.2 Å². The second kappa shape index (κ2) is 7.44. The summed E-state index contributed by atoms with van der Waals surface area (Å²) in [6.45, 7) is 2.41. The number of phenols is 1. The van der Waals surface area contributed by atoms with E-state index in [9.17, 15) is 18.3 Å². The monoisotopic (exact) mass is 437 g/mol. The van der Waals surface area contributed by atoms with E-state index in [0.29, 0.717) is 29.0 Å². The second-order valence-electron chi connectivity index (χ2n) is 7.50. The largest absolute Gasteiger partial charge is 0.508 e. The van der Waals surface area contributed by atoms with Crippen LogP contribution in [0.3, 0.4) is 0 Å². The third kappa shape index (κ3) is 3.39. The number of fused-ring (bicyclic) bond motifs is 5. The first kappa shape index (κ1) is 20.2. The van der Waals surface area contributed by atoms with Crippen molar-refractivity contribution >= 4 is 10.9 Å². The van der Waals surface area contributed by atoms with Gasteiger partial charge in [-0.1, -0.05) is 12.1 Å². The van der Waals surface area contributed by atoms with Crippen molar-refractivity contribution in [1.82, 2.24) is 4.98 Å². The zero-order valence-electron chi connectivity index (χ0n) is 17.0. The number of halogens is 3. The number of benzene rings is 3. The van der Waals surface area contributed by atoms with Gasteiger partial charge in [-0.15, -0.1) is 0 Å². The molecule has 1 aliphatic heterocycles. The van der Waals surface area contributed by atoms with Crippen molar-refractivity contribution < 1.29 is 27.8 Å². The highest BCUT2D eigenvalue weighted by molar-refractivity contribution is 5.92. The third-order valence-corrected chi connectivity index (χ3v) is 5.49. The summed E-state index contributed by atoms with van der Waals surface area (Å²) in [5.41, 5.74) is 2.57. The van der Waals surface area contributed by atoms with E-state index in [4.69, 9.17) is 9.47 Å². The Morgan fingerprint density at radius 1 is 1.00 bits per heavy atom. The predicted molar refractivity (Wildman–Crippen MR) is 114 cm³/mol. The molecule has 7 heteroatoms. The van der Waals surface area contributed by atoms with Crippen LogP contribution in [0.5, 0.6) is 17.2 Å². The summed E-state index contributed by atoms with van der Waals surface area (Å²) in [6, 6.07) is 15.6. The normalized spacial score (nSPS) is 15.1. The van der Waals surface area contributed by atoms with E-state index >= 15 is 0 Å².